The summed E-state index contributed by atoms with van der Waals surface area (Å²) in [6.07, 6.45) is 2.38. The molecule has 0 saturated carbocycles. The first kappa shape index (κ1) is 22.2. The van der Waals surface area contributed by atoms with E-state index in [1.165, 1.54) is 6.92 Å². The van der Waals surface area contributed by atoms with Gasteiger partial charge in [0.1, 0.15) is 11.3 Å². The van der Waals surface area contributed by atoms with Gasteiger partial charge in [-0.3, -0.25) is 0 Å². The van der Waals surface area contributed by atoms with Crippen molar-refractivity contribution >= 4 is 34.4 Å². The Bertz CT molecular complexity index is 1180. The van der Waals surface area contributed by atoms with E-state index < -0.39 is 46.1 Å². The molecule has 3 aromatic rings. The van der Waals surface area contributed by atoms with Crippen LogP contribution in [0.25, 0.3) is 16.2 Å². The minimum atomic E-state index is -2.13. The Kier molecular flexibility index (Phi) is 6.81. The lowest BCUT2D eigenvalue weighted by Crippen LogP contribution is -2.12. The van der Waals surface area contributed by atoms with Crippen LogP contribution >= 0.6 is 11.3 Å². The van der Waals surface area contributed by atoms with Crippen molar-refractivity contribution < 1.29 is 32.2 Å². The normalized spacial score (nSPS) is 12.2. The van der Waals surface area contributed by atoms with Crippen molar-refractivity contribution in [2.75, 3.05) is 6.61 Å². The van der Waals surface area contributed by atoms with E-state index >= 15 is 0 Å². The van der Waals surface area contributed by atoms with E-state index in [-0.39, 0.29) is 17.8 Å². The number of ether oxygens (including phenoxy) is 1. The van der Waals surface area contributed by atoms with Crippen LogP contribution in [0.3, 0.4) is 0 Å². The number of esters is 1. The summed E-state index contributed by atoms with van der Waals surface area (Å²) in [4.78, 5) is 21.0. The molecular formula is C21H14F4N2O3S. The van der Waals surface area contributed by atoms with Gasteiger partial charge in [0.25, 0.3) is 0 Å². The summed E-state index contributed by atoms with van der Waals surface area (Å²) in [5.74, 6) is -10.1. The fourth-order valence-electron chi connectivity index (χ4n) is 2.49. The van der Waals surface area contributed by atoms with Crippen molar-refractivity contribution in [3.8, 4) is 10.4 Å². The number of aliphatic imine (C=N–C) groups is 1. The SMILES string of the molecule is CCOC(=O)C(/C=N\c1ncc(-c2ccccc2)s1)=C(\O)c1cc(F)c(F)c(F)c1F. The van der Waals surface area contributed by atoms with Gasteiger partial charge in [-0.25, -0.2) is 32.3 Å². The molecule has 160 valence electrons. The summed E-state index contributed by atoms with van der Waals surface area (Å²) >= 11 is 1.16. The highest BCUT2D eigenvalue weighted by molar-refractivity contribution is 7.18. The lowest BCUT2D eigenvalue weighted by Gasteiger charge is -2.09. The molecule has 2 aromatic carbocycles. The fourth-order valence-corrected chi connectivity index (χ4v) is 3.26. The van der Waals surface area contributed by atoms with Crippen LogP contribution in [0, 0.1) is 23.3 Å². The Morgan fingerprint density at radius 3 is 2.55 bits per heavy atom. The van der Waals surface area contributed by atoms with Gasteiger partial charge >= 0.3 is 5.97 Å². The highest BCUT2D eigenvalue weighted by Crippen LogP contribution is 2.31. The van der Waals surface area contributed by atoms with E-state index in [0.29, 0.717) is 0 Å². The summed E-state index contributed by atoms with van der Waals surface area (Å²) in [5, 5.41) is 10.5. The van der Waals surface area contributed by atoms with Gasteiger partial charge in [0, 0.05) is 12.4 Å². The number of aliphatic hydroxyl groups is 1. The number of rotatable bonds is 6. The Hall–Kier alpha value is -3.53. The van der Waals surface area contributed by atoms with Crippen molar-refractivity contribution in [2.24, 2.45) is 4.99 Å². The molecule has 0 unspecified atom stereocenters. The molecular weight excluding hydrogens is 436 g/mol. The molecule has 0 spiro atoms. The topological polar surface area (TPSA) is 71.8 Å². The standard InChI is InChI=1S/C21H14F4N2O3S/c1-2-30-20(29)13(19(28)12-8-14(22)17(24)18(25)16(12)23)9-26-21-27-10-15(31-21)11-6-4-3-5-7-11/h3-10,28H,2H2,1H3/b19-13-,26-9-. The first-order chi connectivity index (χ1) is 14.8. The summed E-state index contributed by atoms with van der Waals surface area (Å²) < 4.78 is 59.2. The van der Waals surface area contributed by atoms with Crippen molar-refractivity contribution in [3.63, 3.8) is 0 Å². The fraction of sp³-hybridized carbons (Fsp3) is 0.0952. The zero-order valence-corrected chi connectivity index (χ0v) is 16.7. The van der Waals surface area contributed by atoms with Gasteiger partial charge in [-0.15, -0.1) is 0 Å². The number of nitrogens with zero attached hydrogens (tertiary/aromatic N) is 2. The minimum absolute atomic E-state index is 0.104. The molecule has 1 heterocycles. The molecule has 0 fully saturated rings. The van der Waals surface area contributed by atoms with Gasteiger partial charge in [0.15, 0.2) is 23.3 Å². The predicted octanol–water partition coefficient (Wildman–Crippen LogP) is 5.60. The molecule has 1 aromatic heterocycles. The van der Waals surface area contributed by atoms with Crippen molar-refractivity contribution in [1.82, 2.24) is 4.98 Å². The number of hydrogen-bond acceptors (Lipinski definition) is 6. The summed E-state index contributed by atoms with van der Waals surface area (Å²) in [7, 11) is 0. The first-order valence-corrected chi connectivity index (χ1v) is 9.64. The van der Waals surface area contributed by atoms with E-state index in [1.807, 2.05) is 30.3 Å². The summed E-state index contributed by atoms with van der Waals surface area (Å²) in [6, 6.07) is 9.48. The monoisotopic (exact) mass is 450 g/mol. The highest BCUT2D eigenvalue weighted by atomic mass is 32.1. The van der Waals surface area contributed by atoms with Crippen molar-refractivity contribution in [3.05, 3.63) is 77.0 Å². The van der Waals surface area contributed by atoms with Crippen LogP contribution < -0.4 is 0 Å². The maximum Gasteiger partial charge on any atom is 0.343 e. The van der Waals surface area contributed by atoms with Crippen LogP contribution in [0.4, 0.5) is 22.7 Å². The number of aliphatic hydroxyl groups excluding tert-OH is 1. The van der Waals surface area contributed by atoms with Crippen LogP contribution in [0.1, 0.15) is 12.5 Å². The molecule has 0 aliphatic carbocycles. The zero-order chi connectivity index (χ0) is 22.5. The highest BCUT2D eigenvalue weighted by Gasteiger charge is 2.25. The van der Waals surface area contributed by atoms with E-state index in [0.717, 1.165) is 28.0 Å². The number of carbonyl (C=O) groups excluding carboxylic acids is 1. The predicted molar refractivity (Wildman–Crippen MR) is 108 cm³/mol. The van der Waals surface area contributed by atoms with Crippen LogP contribution in [0.2, 0.25) is 0 Å². The van der Waals surface area contributed by atoms with Crippen LogP contribution in [0.5, 0.6) is 0 Å². The van der Waals surface area contributed by atoms with Gasteiger partial charge in [0.05, 0.1) is 17.0 Å². The van der Waals surface area contributed by atoms with E-state index in [1.54, 1.807) is 6.20 Å². The molecule has 0 radical (unpaired) electrons. The van der Waals surface area contributed by atoms with Crippen LogP contribution in [-0.4, -0.2) is 28.9 Å². The average Bonchev–Trinajstić information content (AvgIpc) is 3.24. The summed E-state index contributed by atoms with van der Waals surface area (Å²) in [5.41, 5.74) is -0.873. The number of aromatic nitrogens is 1. The van der Waals surface area contributed by atoms with Gasteiger partial charge in [0.2, 0.25) is 5.13 Å². The molecule has 0 saturated heterocycles. The number of halogens is 4. The number of carbonyl (C=O) groups is 1. The molecule has 0 aliphatic heterocycles. The molecule has 1 N–H and O–H groups in total. The quantitative estimate of drug-likeness (QED) is 0.101. The average molecular weight is 450 g/mol. The first-order valence-electron chi connectivity index (χ1n) is 8.82. The molecule has 10 heteroatoms. The van der Waals surface area contributed by atoms with Crippen LogP contribution in [0.15, 0.2) is 53.2 Å². The lowest BCUT2D eigenvalue weighted by atomic mass is 10.1. The third kappa shape index (κ3) is 4.80. The maximum atomic E-state index is 14.1. The molecule has 31 heavy (non-hydrogen) atoms. The second-order valence-corrected chi connectivity index (χ2v) is 6.97. The molecule has 3 rings (SSSR count). The second kappa shape index (κ2) is 9.52. The molecule has 0 amide bonds. The Morgan fingerprint density at radius 1 is 1.16 bits per heavy atom. The molecule has 0 atom stereocenters. The third-order valence-corrected chi connectivity index (χ3v) is 4.92. The van der Waals surface area contributed by atoms with E-state index in [2.05, 4.69) is 9.98 Å². The lowest BCUT2D eigenvalue weighted by molar-refractivity contribution is -0.137. The van der Waals surface area contributed by atoms with Gasteiger partial charge < -0.3 is 9.84 Å². The Labute approximate surface area is 178 Å². The number of benzene rings is 2. The number of thiazole rings is 1. The van der Waals surface area contributed by atoms with Crippen LogP contribution in [-0.2, 0) is 9.53 Å². The molecule has 0 bridgehead atoms. The van der Waals surface area contributed by atoms with E-state index in [4.69, 9.17) is 4.74 Å². The Balaban J connectivity index is 2.03. The Morgan fingerprint density at radius 2 is 1.87 bits per heavy atom. The third-order valence-electron chi connectivity index (χ3n) is 3.96. The minimum Gasteiger partial charge on any atom is -0.506 e. The van der Waals surface area contributed by atoms with Crippen molar-refractivity contribution in [1.29, 1.82) is 0 Å². The van der Waals surface area contributed by atoms with Gasteiger partial charge in [-0.05, 0) is 18.6 Å². The smallest absolute Gasteiger partial charge is 0.343 e. The van der Waals surface area contributed by atoms with Gasteiger partial charge in [-0.2, -0.15) is 0 Å². The van der Waals surface area contributed by atoms with E-state index in [9.17, 15) is 27.5 Å². The zero-order valence-electron chi connectivity index (χ0n) is 15.9. The molecule has 5 nitrogen and oxygen atoms in total. The molecule has 0 aliphatic rings. The summed E-state index contributed by atoms with van der Waals surface area (Å²) in [6.45, 7) is 1.38. The maximum absolute atomic E-state index is 14.1. The largest absolute Gasteiger partial charge is 0.506 e. The number of hydrogen-bond donors (Lipinski definition) is 1. The van der Waals surface area contributed by atoms with Gasteiger partial charge in [-0.1, -0.05) is 41.7 Å². The second-order valence-electron chi connectivity index (χ2n) is 5.96. The van der Waals surface area contributed by atoms with Crippen molar-refractivity contribution in [2.45, 2.75) is 6.92 Å².